The lowest BCUT2D eigenvalue weighted by atomic mass is 10.1. The Morgan fingerprint density at radius 2 is 2.00 bits per heavy atom. The minimum Gasteiger partial charge on any atom is -0.423 e. The second kappa shape index (κ2) is 4.77. The van der Waals surface area contributed by atoms with E-state index in [0.717, 1.165) is 22.3 Å². The summed E-state index contributed by atoms with van der Waals surface area (Å²) in [6.45, 7) is 3.78. The molecular formula is C15H13N3O2. The predicted octanol–water partition coefficient (Wildman–Crippen LogP) is 2.94. The molecule has 5 nitrogen and oxygen atoms in total. The van der Waals surface area contributed by atoms with Crippen LogP contribution in [0, 0.1) is 13.8 Å². The van der Waals surface area contributed by atoms with Crippen LogP contribution in [0.15, 0.2) is 45.7 Å². The number of hydrogen-bond donors (Lipinski definition) is 1. The summed E-state index contributed by atoms with van der Waals surface area (Å²) in [5.74, 6) is 0.513. The van der Waals surface area contributed by atoms with Gasteiger partial charge in [-0.2, -0.15) is 0 Å². The average Bonchev–Trinajstić information content (AvgIpc) is 2.38. The Labute approximate surface area is 115 Å². The average molecular weight is 267 g/mol. The molecule has 0 aliphatic rings. The monoisotopic (exact) mass is 267 g/mol. The van der Waals surface area contributed by atoms with E-state index in [4.69, 9.17) is 4.42 Å². The molecule has 0 bridgehead atoms. The Morgan fingerprint density at radius 1 is 1.15 bits per heavy atom. The molecule has 3 rings (SSSR count). The van der Waals surface area contributed by atoms with Gasteiger partial charge in [0.15, 0.2) is 0 Å². The zero-order valence-electron chi connectivity index (χ0n) is 11.2. The first-order chi connectivity index (χ1) is 9.61. The lowest BCUT2D eigenvalue weighted by molar-refractivity contribution is 0.560. The molecule has 0 fully saturated rings. The second-order valence-corrected chi connectivity index (χ2v) is 4.61. The molecule has 0 atom stereocenters. The molecule has 0 aliphatic carbocycles. The summed E-state index contributed by atoms with van der Waals surface area (Å²) >= 11 is 0. The van der Waals surface area contributed by atoms with E-state index in [2.05, 4.69) is 15.3 Å². The van der Waals surface area contributed by atoms with E-state index in [9.17, 15) is 4.79 Å². The summed E-state index contributed by atoms with van der Waals surface area (Å²) in [7, 11) is 0. The van der Waals surface area contributed by atoms with Gasteiger partial charge in [-0.05, 0) is 37.6 Å². The van der Waals surface area contributed by atoms with Crippen molar-refractivity contribution >= 4 is 22.6 Å². The topological polar surface area (TPSA) is 68.0 Å². The van der Waals surface area contributed by atoms with Crippen molar-refractivity contribution < 1.29 is 4.42 Å². The van der Waals surface area contributed by atoms with Crippen LogP contribution in [0.1, 0.15) is 11.3 Å². The zero-order chi connectivity index (χ0) is 14.1. The van der Waals surface area contributed by atoms with Crippen LogP contribution in [0.2, 0.25) is 0 Å². The summed E-state index contributed by atoms with van der Waals surface area (Å²) in [6, 6.07) is 8.90. The molecule has 0 spiro atoms. The standard InChI is InChI=1S/C15H13N3O2/c1-9-7-14(19)20-13-8-11(3-4-12(9)13)18-15-16-6-5-10(2)17-15/h3-8H,1-2H3,(H,16,17,18). The van der Waals surface area contributed by atoms with E-state index in [1.165, 1.54) is 6.07 Å². The molecule has 100 valence electrons. The number of fused-ring (bicyclic) bond motifs is 1. The van der Waals surface area contributed by atoms with Gasteiger partial charge in [0.1, 0.15) is 5.58 Å². The van der Waals surface area contributed by atoms with Crippen molar-refractivity contribution in [2.45, 2.75) is 13.8 Å². The van der Waals surface area contributed by atoms with Gasteiger partial charge >= 0.3 is 5.63 Å². The smallest absolute Gasteiger partial charge is 0.336 e. The summed E-state index contributed by atoms with van der Waals surface area (Å²) in [4.78, 5) is 19.8. The molecule has 3 aromatic rings. The van der Waals surface area contributed by atoms with E-state index >= 15 is 0 Å². The first-order valence-electron chi connectivity index (χ1n) is 6.23. The minimum absolute atomic E-state index is 0.348. The fourth-order valence-electron chi connectivity index (χ4n) is 2.04. The summed E-state index contributed by atoms with van der Waals surface area (Å²) in [5, 5.41) is 4.01. The molecule has 0 unspecified atom stereocenters. The number of nitrogens with zero attached hydrogens (tertiary/aromatic N) is 2. The Hall–Kier alpha value is -2.69. The van der Waals surface area contributed by atoms with Crippen LogP contribution in [-0.4, -0.2) is 9.97 Å². The van der Waals surface area contributed by atoms with Crippen LogP contribution in [0.3, 0.4) is 0 Å². The van der Waals surface area contributed by atoms with Gasteiger partial charge in [0.2, 0.25) is 5.95 Å². The van der Waals surface area contributed by atoms with Gasteiger partial charge in [0.05, 0.1) is 0 Å². The van der Waals surface area contributed by atoms with Crippen molar-refractivity contribution in [2.24, 2.45) is 0 Å². The predicted molar refractivity (Wildman–Crippen MR) is 77.3 cm³/mol. The van der Waals surface area contributed by atoms with Gasteiger partial charge < -0.3 is 9.73 Å². The Bertz CT molecular complexity index is 840. The van der Waals surface area contributed by atoms with Crippen molar-refractivity contribution in [3.8, 4) is 0 Å². The number of benzene rings is 1. The van der Waals surface area contributed by atoms with Crippen molar-refractivity contribution in [3.05, 3.63) is 58.2 Å². The van der Waals surface area contributed by atoms with Crippen LogP contribution in [0.25, 0.3) is 11.0 Å². The summed E-state index contributed by atoms with van der Waals surface area (Å²) in [6.07, 6.45) is 1.69. The quantitative estimate of drug-likeness (QED) is 0.723. The Balaban J connectivity index is 2.03. The van der Waals surface area contributed by atoms with Gasteiger partial charge in [-0.25, -0.2) is 14.8 Å². The summed E-state index contributed by atoms with van der Waals surface area (Å²) < 4.78 is 5.21. The first-order valence-corrected chi connectivity index (χ1v) is 6.23. The van der Waals surface area contributed by atoms with E-state index in [1.807, 2.05) is 32.0 Å². The van der Waals surface area contributed by atoms with E-state index in [-0.39, 0.29) is 5.63 Å². The van der Waals surface area contributed by atoms with Crippen molar-refractivity contribution in [1.29, 1.82) is 0 Å². The molecule has 0 saturated heterocycles. The van der Waals surface area contributed by atoms with E-state index in [1.54, 1.807) is 12.3 Å². The fraction of sp³-hybridized carbons (Fsp3) is 0.133. The molecule has 20 heavy (non-hydrogen) atoms. The fourth-order valence-corrected chi connectivity index (χ4v) is 2.04. The van der Waals surface area contributed by atoms with E-state index < -0.39 is 0 Å². The highest BCUT2D eigenvalue weighted by Crippen LogP contribution is 2.22. The third kappa shape index (κ3) is 2.38. The molecule has 0 radical (unpaired) electrons. The maximum absolute atomic E-state index is 11.4. The molecule has 5 heteroatoms. The molecule has 2 aromatic heterocycles. The first kappa shape index (κ1) is 12.3. The maximum Gasteiger partial charge on any atom is 0.336 e. The van der Waals surface area contributed by atoms with E-state index in [0.29, 0.717) is 11.5 Å². The molecule has 0 saturated carbocycles. The SMILES string of the molecule is Cc1ccnc(Nc2ccc3c(C)cc(=O)oc3c2)n1. The third-order valence-electron chi connectivity index (χ3n) is 3.00. The number of aryl methyl sites for hydroxylation is 2. The van der Waals surface area contributed by atoms with Crippen LogP contribution in [0.5, 0.6) is 0 Å². The third-order valence-corrected chi connectivity index (χ3v) is 3.00. The highest BCUT2D eigenvalue weighted by Gasteiger charge is 2.04. The normalized spacial score (nSPS) is 10.7. The molecule has 1 aromatic carbocycles. The number of nitrogens with one attached hydrogen (secondary N) is 1. The zero-order valence-corrected chi connectivity index (χ0v) is 11.2. The van der Waals surface area contributed by atoms with Crippen molar-refractivity contribution in [3.63, 3.8) is 0 Å². The number of rotatable bonds is 2. The lowest BCUT2D eigenvalue weighted by Crippen LogP contribution is -2.00. The molecule has 1 N–H and O–H groups in total. The molecular weight excluding hydrogens is 254 g/mol. The Morgan fingerprint density at radius 3 is 2.80 bits per heavy atom. The minimum atomic E-state index is -0.348. The van der Waals surface area contributed by atoms with Crippen LogP contribution in [-0.2, 0) is 0 Å². The van der Waals surface area contributed by atoms with Gasteiger partial charge in [-0.1, -0.05) is 0 Å². The van der Waals surface area contributed by atoms with Gasteiger partial charge in [-0.15, -0.1) is 0 Å². The number of anilines is 2. The molecule has 0 amide bonds. The van der Waals surface area contributed by atoms with Crippen LogP contribution in [0.4, 0.5) is 11.6 Å². The van der Waals surface area contributed by atoms with Crippen molar-refractivity contribution in [2.75, 3.05) is 5.32 Å². The Kier molecular flexibility index (Phi) is 2.95. The molecule has 2 heterocycles. The number of hydrogen-bond acceptors (Lipinski definition) is 5. The highest BCUT2D eigenvalue weighted by molar-refractivity contribution is 5.83. The van der Waals surface area contributed by atoms with Crippen LogP contribution < -0.4 is 10.9 Å². The molecule has 0 aliphatic heterocycles. The van der Waals surface area contributed by atoms with Gasteiger partial charge in [-0.3, -0.25) is 0 Å². The number of aromatic nitrogens is 2. The van der Waals surface area contributed by atoms with Crippen molar-refractivity contribution in [1.82, 2.24) is 9.97 Å². The summed E-state index contributed by atoms with van der Waals surface area (Å²) in [5.41, 5.74) is 2.75. The lowest BCUT2D eigenvalue weighted by Gasteiger charge is -2.06. The van der Waals surface area contributed by atoms with Gasteiger partial charge in [0, 0.05) is 35.1 Å². The highest BCUT2D eigenvalue weighted by atomic mass is 16.4. The van der Waals surface area contributed by atoms with Crippen LogP contribution >= 0.6 is 0 Å². The largest absolute Gasteiger partial charge is 0.423 e. The van der Waals surface area contributed by atoms with Gasteiger partial charge in [0.25, 0.3) is 0 Å². The second-order valence-electron chi connectivity index (χ2n) is 4.61. The maximum atomic E-state index is 11.4.